The summed E-state index contributed by atoms with van der Waals surface area (Å²) < 4.78 is 10.7. The van der Waals surface area contributed by atoms with Crippen molar-refractivity contribution < 1.29 is 14.3 Å². The van der Waals surface area contributed by atoms with Gasteiger partial charge in [0.1, 0.15) is 5.75 Å². The topological polar surface area (TPSA) is 50.8 Å². The third-order valence-electron chi connectivity index (χ3n) is 3.29. The molecule has 0 fully saturated rings. The second-order valence-corrected chi connectivity index (χ2v) is 5.16. The van der Waals surface area contributed by atoms with Crippen LogP contribution in [-0.2, 0) is 16.1 Å². The number of carbonyl (C=O) groups is 1. The molecule has 0 saturated heterocycles. The Morgan fingerprint density at radius 2 is 2.05 bits per heavy atom. The van der Waals surface area contributed by atoms with Crippen LogP contribution in [0, 0.1) is 0 Å². The van der Waals surface area contributed by atoms with E-state index in [1.165, 1.54) is 0 Å². The van der Waals surface area contributed by atoms with E-state index in [9.17, 15) is 4.79 Å². The Kier molecular flexibility index (Phi) is 7.79. The number of nitrogens with zero attached hydrogens (tertiary/aromatic N) is 1. The molecule has 1 N–H and O–H groups in total. The minimum absolute atomic E-state index is 0.0212. The van der Waals surface area contributed by atoms with E-state index in [4.69, 9.17) is 9.47 Å². The summed E-state index contributed by atoms with van der Waals surface area (Å²) in [5, 5.41) is 3.27. The molecule has 5 nitrogen and oxygen atoms in total. The van der Waals surface area contributed by atoms with Crippen LogP contribution >= 0.6 is 0 Å². The number of hydrogen-bond donors (Lipinski definition) is 1. The number of methoxy groups -OCH3 is 1. The number of carbonyl (C=O) groups excluding carboxylic acids is 1. The Hall–Kier alpha value is -1.59. The molecule has 21 heavy (non-hydrogen) atoms. The molecule has 0 spiro atoms. The maximum atomic E-state index is 11.9. The van der Waals surface area contributed by atoms with Crippen molar-refractivity contribution >= 4 is 5.91 Å². The Bertz CT molecular complexity index is 435. The van der Waals surface area contributed by atoms with E-state index in [1.54, 1.807) is 19.1 Å². The first-order chi connectivity index (χ1) is 10.1. The molecule has 0 bridgehead atoms. The van der Waals surface area contributed by atoms with Crippen molar-refractivity contribution in [3.8, 4) is 5.75 Å². The minimum atomic E-state index is -0.0212. The number of benzene rings is 1. The zero-order valence-corrected chi connectivity index (χ0v) is 13.4. The molecule has 1 amide bonds. The van der Waals surface area contributed by atoms with Gasteiger partial charge in [-0.05, 0) is 19.9 Å². The van der Waals surface area contributed by atoms with E-state index in [2.05, 4.69) is 5.32 Å². The van der Waals surface area contributed by atoms with E-state index in [0.29, 0.717) is 13.2 Å². The summed E-state index contributed by atoms with van der Waals surface area (Å²) in [6.07, 6.45) is 0. The van der Waals surface area contributed by atoms with Gasteiger partial charge in [-0.1, -0.05) is 18.2 Å². The Morgan fingerprint density at radius 1 is 1.33 bits per heavy atom. The average molecular weight is 294 g/mol. The van der Waals surface area contributed by atoms with Crippen LogP contribution in [-0.4, -0.2) is 50.8 Å². The van der Waals surface area contributed by atoms with Gasteiger partial charge in [0.15, 0.2) is 6.61 Å². The summed E-state index contributed by atoms with van der Waals surface area (Å²) in [6, 6.07) is 7.92. The van der Waals surface area contributed by atoms with Gasteiger partial charge < -0.3 is 19.7 Å². The normalized spacial score (nSPS) is 10.7. The Balaban J connectivity index is 2.52. The number of amides is 1. The maximum Gasteiger partial charge on any atom is 0.260 e. The highest BCUT2D eigenvalue weighted by Crippen LogP contribution is 2.17. The summed E-state index contributed by atoms with van der Waals surface area (Å²) in [4.78, 5) is 13.6. The maximum absolute atomic E-state index is 11.9. The number of likely N-dealkylation sites (N-methyl/N-ethyl adjacent to an activating group) is 1. The summed E-state index contributed by atoms with van der Waals surface area (Å²) in [5.74, 6) is 0.722. The molecule has 0 heterocycles. The average Bonchev–Trinajstić information content (AvgIpc) is 2.49. The first-order valence-corrected chi connectivity index (χ1v) is 7.22. The third kappa shape index (κ3) is 6.14. The van der Waals surface area contributed by atoms with Gasteiger partial charge in [-0.15, -0.1) is 0 Å². The third-order valence-corrected chi connectivity index (χ3v) is 3.29. The van der Waals surface area contributed by atoms with Crippen LogP contribution in [0.2, 0.25) is 0 Å². The minimum Gasteiger partial charge on any atom is -0.483 e. The van der Waals surface area contributed by atoms with E-state index in [0.717, 1.165) is 17.9 Å². The molecule has 1 rings (SSSR count). The molecule has 0 aliphatic rings. The first kappa shape index (κ1) is 17.5. The highest BCUT2D eigenvalue weighted by atomic mass is 16.5. The van der Waals surface area contributed by atoms with Gasteiger partial charge in [0.25, 0.3) is 5.91 Å². The molecule has 0 saturated carbocycles. The first-order valence-electron chi connectivity index (χ1n) is 7.22. The number of hydrogen-bond acceptors (Lipinski definition) is 4. The molecule has 0 atom stereocenters. The van der Waals surface area contributed by atoms with Crippen LogP contribution in [0.25, 0.3) is 0 Å². The lowest BCUT2D eigenvalue weighted by Crippen LogP contribution is -2.36. The van der Waals surface area contributed by atoms with Crippen molar-refractivity contribution in [1.82, 2.24) is 10.2 Å². The summed E-state index contributed by atoms with van der Waals surface area (Å²) in [7, 11) is 3.46. The van der Waals surface area contributed by atoms with Crippen LogP contribution in [0.5, 0.6) is 5.75 Å². The molecule has 1 aromatic carbocycles. The molecule has 118 valence electrons. The second kappa shape index (κ2) is 9.37. The van der Waals surface area contributed by atoms with E-state index in [-0.39, 0.29) is 18.6 Å². The number of para-hydroxylation sites is 1. The van der Waals surface area contributed by atoms with Gasteiger partial charge in [0, 0.05) is 38.9 Å². The zero-order valence-electron chi connectivity index (χ0n) is 13.4. The molecule has 1 aromatic rings. The SMILES string of the molecule is COCCNCc1ccccc1OCC(=O)N(C)C(C)C. The van der Waals surface area contributed by atoms with E-state index in [1.807, 2.05) is 38.1 Å². The summed E-state index contributed by atoms with van der Waals surface area (Å²) in [5.41, 5.74) is 1.04. The predicted molar refractivity (Wildman–Crippen MR) is 83.4 cm³/mol. The lowest BCUT2D eigenvalue weighted by atomic mass is 10.2. The van der Waals surface area contributed by atoms with Gasteiger partial charge in [0.2, 0.25) is 0 Å². The Morgan fingerprint density at radius 3 is 2.71 bits per heavy atom. The summed E-state index contributed by atoms with van der Waals surface area (Å²) >= 11 is 0. The largest absolute Gasteiger partial charge is 0.483 e. The van der Waals surface area contributed by atoms with Crippen LogP contribution in [0.4, 0.5) is 0 Å². The molecular weight excluding hydrogens is 268 g/mol. The van der Waals surface area contributed by atoms with E-state index >= 15 is 0 Å². The number of nitrogens with one attached hydrogen (secondary N) is 1. The van der Waals surface area contributed by atoms with Gasteiger partial charge >= 0.3 is 0 Å². The van der Waals surface area contributed by atoms with Gasteiger partial charge in [0.05, 0.1) is 6.61 Å². The standard InChI is InChI=1S/C16H26N2O3/c1-13(2)18(3)16(19)12-21-15-8-6-5-7-14(15)11-17-9-10-20-4/h5-8,13,17H,9-12H2,1-4H3. The van der Waals surface area contributed by atoms with Crippen molar-refractivity contribution in [3.05, 3.63) is 29.8 Å². The molecule has 0 radical (unpaired) electrons. The Labute approximate surface area is 127 Å². The predicted octanol–water partition coefficient (Wildman–Crippen LogP) is 1.67. The van der Waals surface area contributed by atoms with Crippen molar-refractivity contribution in [1.29, 1.82) is 0 Å². The zero-order chi connectivity index (χ0) is 15.7. The molecule has 5 heteroatoms. The monoisotopic (exact) mass is 294 g/mol. The lowest BCUT2D eigenvalue weighted by molar-refractivity contribution is -0.133. The van der Waals surface area contributed by atoms with Crippen molar-refractivity contribution in [2.45, 2.75) is 26.4 Å². The molecule has 0 aliphatic carbocycles. The van der Waals surface area contributed by atoms with Crippen molar-refractivity contribution in [3.63, 3.8) is 0 Å². The van der Waals surface area contributed by atoms with Crippen molar-refractivity contribution in [2.24, 2.45) is 0 Å². The molecule has 0 unspecified atom stereocenters. The quantitative estimate of drug-likeness (QED) is 0.704. The number of ether oxygens (including phenoxy) is 2. The highest BCUT2D eigenvalue weighted by molar-refractivity contribution is 5.77. The van der Waals surface area contributed by atoms with E-state index < -0.39 is 0 Å². The molecule has 0 aliphatic heterocycles. The summed E-state index contributed by atoms with van der Waals surface area (Å²) in [6.45, 7) is 6.15. The number of rotatable bonds is 9. The highest BCUT2D eigenvalue weighted by Gasteiger charge is 2.13. The van der Waals surface area contributed by atoms with Crippen LogP contribution in [0.15, 0.2) is 24.3 Å². The molecular formula is C16H26N2O3. The van der Waals surface area contributed by atoms with Gasteiger partial charge in [-0.3, -0.25) is 4.79 Å². The van der Waals surface area contributed by atoms with Crippen LogP contribution in [0.3, 0.4) is 0 Å². The van der Waals surface area contributed by atoms with Gasteiger partial charge in [-0.2, -0.15) is 0 Å². The van der Waals surface area contributed by atoms with Crippen LogP contribution in [0.1, 0.15) is 19.4 Å². The fraction of sp³-hybridized carbons (Fsp3) is 0.562. The fourth-order valence-electron chi connectivity index (χ4n) is 1.72. The van der Waals surface area contributed by atoms with Gasteiger partial charge in [-0.25, -0.2) is 0 Å². The smallest absolute Gasteiger partial charge is 0.260 e. The molecule has 0 aromatic heterocycles. The lowest BCUT2D eigenvalue weighted by Gasteiger charge is -2.21. The van der Waals surface area contributed by atoms with Crippen LogP contribution < -0.4 is 10.1 Å². The van der Waals surface area contributed by atoms with Crippen molar-refractivity contribution in [2.75, 3.05) is 33.9 Å². The second-order valence-electron chi connectivity index (χ2n) is 5.16. The fourth-order valence-corrected chi connectivity index (χ4v) is 1.72.